The maximum Gasteiger partial charge on any atom is 0.0803 e. The first kappa shape index (κ1) is 14.7. The van der Waals surface area contributed by atoms with Crippen molar-refractivity contribution in [3.63, 3.8) is 0 Å². The van der Waals surface area contributed by atoms with Crippen molar-refractivity contribution in [2.45, 2.75) is 32.2 Å². The lowest BCUT2D eigenvalue weighted by atomic mass is 10.0. The third-order valence-corrected chi connectivity index (χ3v) is 4.64. The molecule has 1 heterocycles. The fraction of sp³-hybridized carbons (Fsp3) is 0.385. The zero-order chi connectivity index (χ0) is 13.8. The molecule has 0 aliphatic carbocycles. The van der Waals surface area contributed by atoms with Crippen LogP contribution in [0.15, 0.2) is 18.2 Å². The van der Waals surface area contributed by atoms with E-state index in [0.29, 0.717) is 16.5 Å². The summed E-state index contributed by atoms with van der Waals surface area (Å²) in [6, 6.07) is 5.46. The molecule has 2 aromatic rings. The highest BCUT2D eigenvalue weighted by Gasteiger charge is 2.17. The minimum atomic E-state index is -0.141. The monoisotopic (exact) mass is 315 g/mol. The maximum absolute atomic E-state index is 6.25. The van der Waals surface area contributed by atoms with Crippen LogP contribution in [0.5, 0.6) is 0 Å². The Kier molecular flexibility index (Phi) is 5.16. The molecule has 0 bridgehead atoms. The van der Waals surface area contributed by atoms with Crippen molar-refractivity contribution in [3.05, 3.63) is 44.4 Å². The fourth-order valence-corrected chi connectivity index (χ4v) is 3.03. The van der Waals surface area contributed by atoms with Crippen LogP contribution in [0.2, 0.25) is 10.0 Å². The van der Waals surface area contributed by atoms with Crippen LogP contribution in [-0.4, -0.2) is 9.59 Å². The number of hydrogen-bond acceptors (Lipinski definition) is 4. The van der Waals surface area contributed by atoms with Crippen LogP contribution >= 0.6 is 34.7 Å². The predicted octanol–water partition coefficient (Wildman–Crippen LogP) is 4.04. The van der Waals surface area contributed by atoms with Gasteiger partial charge in [-0.15, -0.1) is 5.10 Å². The SMILES string of the molecule is CCCc1nnsc1C(N)Cc1cccc(Cl)c1Cl. The minimum Gasteiger partial charge on any atom is -0.323 e. The van der Waals surface area contributed by atoms with Crippen LogP contribution in [0.4, 0.5) is 0 Å². The second-order valence-electron chi connectivity index (χ2n) is 4.36. The van der Waals surface area contributed by atoms with Crippen LogP contribution in [0.3, 0.4) is 0 Å². The highest BCUT2D eigenvalue weighted by Crippen LogP contribution is 2.30. The van der Waals surface area contributed by atoms with Crippen molar-refractivity contribution < 1.29 is 0 Å². The number of aryl methyl sites for hydroxylation is 1. The van der Waals surface area contributed by atoms with E-state index in [1.807, 2.05) is 12.1 Å². The Balaban J connectivity index is 2.18. The van der Waals surface area contributed by atoms with Crippen LogP contribution in [0.1, 0.15) is 35.5 Å². The molecule has 102 valence electrons. The Morgan fingerprint density at radius 1 is 1.37 bits per heavy atom. The molecule has 0 saturated heterocycles. The van der Waals surface area contributed by atoms with Crippen molar-refractivity contribution in [1.29, 1.82) is 0 Å². The number of hydrogen-bond donors (Lipinski definition) is 1. The van der Waals surface area contributed by atoms with Crippen LogP contribution in [0.25, 0.3) is 0 Å². The topological polar surface area (TPSA) is 51.8 Å². The Bertz CT molecular complexity index is 557. The van der Waals surface area contributed by atoms with E-state index in [4.69, 9.17) is 28.9 Å². The van der Waals surface area contributed by atoms with E-state index in [0.717, 1.165) is 29.0 Å². The van der Waals surface area contributed by atoms with E-state index < -0.39 is 0 Å². The van der Waals surface area contributed by atoms with Crippen LogP contribution in [-0.2, 0) is 12.8 Å². The lowest BCUT2D eigenvalue weighted by Gasteiger charge is -2.12. The summed E-state index contributed by atoms with van der Waals surface area (Å²) in [6.45, 7) is 2.11. The van der Waals surface area contributed by atoms with Gasteiger partial charge in [0.1, 0.15) is 0 Å². The molecule has 2 rings (SSSR count). The Morgan fingerprint density at radius 3 is 2.89 bits per heavy atom. The summed E-state index contributed by atoms with van der Waals surface area (Å²) in [7, 11) is 0. The fourth-order valence-electron chi connectivity index (χ4n) is 1.94. The van der Waals surface area contributed by atoms with Crippen molar-refractivity contribution in [1.82, 2.24) is 9.59 Å². The van der Waals surface area contributed by atoms with E-state index >= 15 is 0 Å². The molecule has 1 aromatic heterocycles. The van der Waals surface area contributed by atoms with Gasteiger partial charge in [0, 0.05) is 6.04 Å². The second kappa shape index (κ2) is 6.66. The molecule has 0 amide bonds. The van der Waals surface area contributed by atoms with Gasteiger partial charge in [0.05, 0.1) is 20.6 Å². The average molecular weight is 316 g/mol. The molecule has 0 radical (unpaired) electrons. The summed E-state index contributed by atoms with van der Waals surface area (Å²) in [5.74, 6) is 0. The predicted molar refractivity (Wildman–Crippen MR) is 81.0 cm³/mol. The molecule has 0 aliphatic rings. The minimum absolute atomic E-state index is 0.141. The number of nitrogens with zero attached hydrogens (tertiary/aromatic N) is 2. The van der Waals surface area contributed by atoms with Crippen molar-refractivity contribution >= 4 is 34.7 Å². The Morgan fingerprint density at radius 2 is 2.16 bits per heavy atom. The average Bonchev–Trinajstić information content (AvgIpc) is 2.84. The summed E-state index contributed by atoms with van der Waals surface area (Å²) in [6.07, 6.45) is 2.58. The standard InChI is InChI=1S/C13H15Cl2N3S/c1-2-4-11-13(19-18-17-11)10(16)7-8-5-3-6-9(14)12(8)15/h3,5-6,10H,2,4,7,16H2,1H3. The van der Waals surface area contributed by atoms with Gasteiger partial charge in [-0.05, 0) is 36.0 Å². The van der Waals surface area contributed by atoms with Crippen molar-refractivity contribution in [2.24, 2.45) is 5.73 Å². The number of halogens is 2. The molecule has 19 heavy (non-hydrogen) atoms. The molecule has 0 saturated carbocycles. The molecule has 1 atom stereocenters. The van der Waals surface area contributed by atoms with Gasteiger partial charge in [-0.25, -0.2) is 0 Å². The van der Waals surface area contributed by atoms with Gasteiger partial charge in [-0.1, -0.05) is 53.2 Å². The van der Waals surface area contributed by atoms with Gasteiger partial charge in [0.2, 0.25) is 0 Å². The van der Waals surface area contributed by atoms with Gasteiger partial charge in [-0.3, -0.25) is 0 Å². The second-order valence-corrected chi connectivity index (χ2v) is 5.93. The first-order chi connectivity index (χ1) is 9.13. The lowest BCUT2D eigenvalue weighted by Crippen LogP contribution is -2.14. The molecular weight excluding hydrogens is 301 g/mol. The first-order valence-electron chi connectivity index (χ1n) is 6.13. The van der Waals surface area contributed by atoms with Crippen LogP contribution < -0.4 is 5.73 Å². The number of nitrogens with two attached hydrogens (primary N) is 1. The third-order valence-electron chi connectivity index (χ3n) is 2.88. The molecule has 0 spiro atoms. The number of rotatable bonds is 5. The molecule has 0 aliphatic heterocycles. The maximum atomic E-state index is 6.25. The Labute approximate surface area is 126 Å². The normalized spacial score (nSPS) is 12.6. The van der Waals surface area contributed by atoms with Gasteiger partial charge < -0.3 is 5.73 Å². The van der Waals surface area contributed by atoms with E-state index in [-0.39, 0.29) is 6.04 Å². The first-order valence-corrected chi connectivity index (χ1v) is 7.66. The van der Waals surface area contributed by atoms with Gasteiger partial charge >= 0.3 is 0 Å². The zero-order valence-electron chi connectivity index (χ0n) is 10.6. The van der Waals surface area contributed by atoms with E-state index in [1.54, 1.807) is 6.07 Å². The molecular formula is C13H15Cl2N3S. The largest absolute Gasteiger partial charge is 0.323 e. The molecule has 0 fully saturated rings. The molecule has 1 aromatic carbocycles. The van der Waals surface area contributed by atoms with E-state index in [9.17, 15) is 0 Å². The summed E-state index contributed by atoms with van der Waals surface area (Å²) in [4.78, 5) is 1.04. The molecule has 1 unspecified atom stereocenters. The molecule has 2 N–H and O–H groups in total. The van der Waals surface area contributed by atoms with Crippen molar-refractivity contribution in [3.8, 4) is 0 Å². The summed E-state index contributed by atoms with van der Waals surface area (Å²) in [5.41, 5.74) is 8.20. The lowest BCUT2D eigenvalue weighted by molar-refractivity contribution is 0.715. The quantitative estimate of drug-likeness (QED) is 0.905. The zero-order valence-corrected chi connectivity index (χ0v) is 12.9. The van der Waals surface area contributed by atoms with E-state index in [1.165, 1.54) is 11.5 Å². The molecule has 6 heteroatoms. The molecule has 3 nitrogen and oxygen atoms in total. The van der Waals surface area contributed by atoms with E-state index in [2.05, 4.69) is 16.5 Å². The summed E-state index contributed by atoms with van der Waals surface area (Å²) < 4.78 is 4.00. The summed E-state index contributed by atoms with van der Waals surface area (Å²) >= 11 is 13.6. The summed E-state index contributed by atoms with van der Waals surface area (Å²) in [5, 5.41) is 5.27. The third kappa shape index (κ3) is 3.45. The number of benzene rings is 1. The smallest absolute Gasteiger partial charge is 0.0803 e. The van der Waals surface area contributed by atoms with Crippen LogP contribution in [0, 0.1) is 0 Å². The Hall–Kier alpha value is -0.680. The van der Waals surface area contributed by atoms with Crippen molar-refractivity contribution in [2.75, 3.05) is 0 Å². The highest BCUT2D eigenvalue weighted by atomic mass is 35.5. The number of aromatic nitrogens is 2. The highest BCUT2D eigenvalue weighted by molar-refractivity contribution is 7.05. The van der Waals surface area contributed by atoms with Gasteiger partial charge in [-0.2, -0.15) is 0 Å². The van der Waals surface area contributed by atoms with Gasteiger partial charge in [0.25, 0.3) is 0 Å². The van der Waals surface area contributed by atoms with Gasteiger partial charge in [0.15, 0.2) is 0 Å².